The Morgan fingerprint density at radius 1 is 1.11 bits per heavy atom. The van der Waals surface area contributed by atoms with Gasteiger partial charge in [0.05, 0.1) is 6.10 Å². The van der Waals surface area contributed by atoms with Crippen molar-refractivity contribution in [1.82, 2.24) is 0 Å². The number of anilines is 1. The van der Waals surface area contributed by atoms with Gasteiger partial charge in [-0.2, -0.15) is 0 Å². The summed E-state index contributed by atoms with van der Waals surface area (Å²) in [5, 5.41) is 3.40. The number of nitrogens with one attached hydrogen (secondary N) is 1. The van der Waals surface area contributed by atoms with Gasteiger partial charge in [-0.25, -0.2) is 0 Å². The predicted octanol–water partition coefficient (Wildman–Crippen LogP) is 4.85. The van der Waals surface area contributed by atoms with Crippen LogP contribution in [0.25, 0.3) is 0 Å². The zero-order valence-corrected chi connectivity index (χ0v) is 12.8. The molecule has 19 heavy (non-hydrogen) atoms. The van der Waals surface area contributed by atoms with Crippen LogP contribution in [-0.4, -0.2) is 6.10 Å². The van der Waals surface area contributed by atoms with Gasteiger partial charge >= 0.3 is 0 Å². The normalized spacial score (nSPS) is 10.5. The fourth-order valence-corrected chi connectivity index (χ4v) is 2.22. The summed E-state index contributed by atoms with van der Waals surface area (Å²) in [4.78, 5) is 0. The monoisotopic (exact) mass is 319 g/mol. The Balaban J connectivity index is 2.12. The fraction of sp³-hybridized carbons (Fsp3) is 0.250. The van der Waals surface area contributed by atoms with Crippen LogP contribution in [0, 0.1) is 0 Å². The minimum absolute atomic E-state index is 0.177. The average Bonchev–Trinajstić information content (AvgIpc) is 2.40. The van der Waals surface area contributed by atoms with Crippen LogP contribution < -0.4 is 10.1 Å². The lowest BCUT2D eigenvalue weighted by Gasteiger charge is -2.15. The summed E-state index contributed by atoms with van der Waals surface area (Å²) in [6.45, 7) is 4.82. The largest absolute Gasteiger partial charge is 0.491 e. The minimum atomic E-state index is 0.177. The summed E-state index contributed by atoms with van der Waals surface area (Å²) in [5.74, 6) is 0.932. The van der Waals surface area contributed by atoms with Crippen molar-refractivity contribution in [3.63, 3.8) is 0 Å². The third kappa shape index (κ3) is 4.28. The standard InChI is InChI=1S/C16H18BrNO/c1-12(2)19-16-9-8-14(17)10-13(16)11-18-15-6-4-3-5-7-15/h3-10,12,18H,11H2,1-2H3. The van der Waals surface area contributed by atoms with Gasteiger partial charge in [-0.3, -0.25) is 0 Å². The molecular formula is C16H18BrNO. The second kappa shape index (κ2) is 6.62. The van der Waals surface area contributed by atoms with Gasteiger partial charge in [0.1, 0.15) is 5.75 Å². The molecule has 1 N–H and O–H groups in total. The zero-order valence-electron chi connectivity index (χ0n) is 11.2. The third-order valence-electron chi connectivity index (χ3n) is 2.64. The van der Waals surface area contributed by atoms with Gasteiger partial charge in [0.15, 0.2) is 0 Å². The number of ether oxygens (including phenoxy) is 1. The maximum Gasteiger partial charge on any atom is 0.124 e. The Kier molecular flexibility index (Phi) is 4.86. The van der Waals surface area contributed by atoms with Crippen molar-refractivity contribution in [1.29, 1.82) is 0 Å². The molecule has 0 heterocycles. The Morgan fingerprint density at radius 2 is 1.84 bits per heavy atom. The first-order valence-electron chi connectivity index (χ1n) is 6.39. The summed E-state index contributed by atoms with van der Waals surface area (Å²) in [5.41, 5.74) is 2.25. The molecule has 0 aliphatic carbocycles. The molecule has 3 heteroatoms. The van der Waals surface area contributed by atoms with E-state index < -0.39 is 0 Å². The van der Waals surface area contributed by atoms with E-state index in [2.05, 4.69) is 39.4 Å². The summed E-state index contributed by atoms with van der Waals surface area (Å²) in [6.07, 6.45) is 0.177. The average molecular weight is 320 g/mol. The molecule has 0 bridgehead atoms. The second-order valence-corrected chi connectivity index (χ2v) is 5.55. The molecule has 0 fully saturated rings. The number of benzene rings is 2. The number of hydrogen-bond donors (Lipinski definition) is 1. The van der Waals surface area contributed by atoms with Crippen LogP contribution >= 0.6 is 15.9 Å². The highest BCUT2D eigenvalue weighted by atomic mass is 79.9. The van der Waals surface area contributed by atoms with Crippen molar-refractivity contribution < 1.29 is 4.74 Å². The Bertz CT molecular complexity index is 526. The van der Waals surface area contributed by atoms with Crippen molar-refractivity contribution in [2.24, 2.45) is 0 Å². The van der Waals surface area contributed by atoms with E-state index in [0.717, 1.165) is 28.0 Å². The molecular weight excluding hydrogens is 302 g/mol. The first-order valence-corrected chi connectivity index (χ1v) is 7.18. The molecule has 2 aromatic rings. The van der Waals surface area contributed by atoms with Gasteiger partial charge < -0.3 is 10.1 Å². The van der Waals surface area contributed by atoms with Crippen molar-refractivity contribution in [2.45, 2.75) is 26.5 Å². The number of rotatable bonds is 5. The molecule has 0 aliphatic heterocycles. The molecule has 2 aromatic carbocycles. The maximum atomic E-state index is 5.83. The summed E-state index contributed by atoms with van der Waals surface area (Å²) >= 11 is 3.51. The van der Waals surface area contributed by atoms with E-state index in [9.17, 15) is 0 Å². The van der Waals surface area contributed by atoms with E-state index in [1.165, 1.54) is 0 Å². The molecule has 0 unspecified atom stereocenters. The third-order valence-corrected chi connectivity index (χ3v) is 3.14. The highest BCUT2D eigenvalue weighted by Gasteiger charge is 2.06. The van der Waals surface area contributed by atoms with Gasteiger partial charge in [-0.15, -0.1) is 0 Å². The molecule has 0 radical (unpaired) electrons. The van der Waals surface area contributed by atoms with Crippen LogP contribution in [0.15, 0.2) is 53.0 Å². The Hall–Kier alpha value is -1.48. The smallest absolute Gasteiger partial charge is 0.124 e. The quantitative estimate of drug-likeness (QED) is 0.850. The fourth-order valence-electron chi connectivity index (χ4n) is 1.81. The van der Waals surface area contributed by atoms with Crippen LogP contribution in [0.4, 0.5) is 5.69 Å². The number of hydrogen-bond acceptors (Lipinski definition) is 2. The van der Waals surface area contributed by atoms with Crippen LogP contribution in [0.1, 0.15) is 19.4 Å². The Labute approximate surface area is 122 Å². The van der Waals surface area contributed by atoms with Gasteiger partial charge in [0.2, 0.25) is 0 Å². The van der Waals surface area contributed by atoms with Gasteiger partial charge in [0, 0.05) is 22.3 Å². The maximum absolute atomic E-state index is 5.83. The van der Waals surface area contributed by atoms with Crippen LogP contribution in [0.2, 0.25) is 0 Å². The summed E-state index contributed by atoms with van der Waals surface area (Å²) in [6, 6.07) is 16.3. The molecule has 2 rings (SSSR count). The lowest BCUT2D eigenvalue weighted by Crippen LogP contribution is -2.09. The topological polar surface area (TPSA) is 21.3 Å². The van der Waals surface area contributed by atoms with Crippen LogP contribution in [-0.2, 0) is 6.54 Å². The molecule has 0 aromatic heterocycles. The van der Waals surface area contributed by atoms with Crippen LogP contribution in [0.5, 0.6) is 5.75 Å². The minimum Gasteiger partial charge on any atom is -0.491 e. The predicted molar refractivity (Wildman–Crippen MR) is 83.7 cm³/mol. The van der Waals surface area contributed by atoms with Crippen molar-refractivity contribution in [2.75, 3.05) is 5.32 Å². The highest BCUT2D eigenvalue weighted by Crippen LogP contribution is 2.25. The van der Waals surface area contributed by atoms with Crippen molar-refractivity contribution in [3.05, 3.63) is 58.6 Å². The molecule has 0 spiro atoms. The first-order chi connectivity index (χ1) is 9.15. The van der Waals surface area contributed by atoms with E-state index in [-0.39, 0.29) is 6.10 Å². The molecule has 0 saturated heterocycles. The van der Waals surface area contributed by atoms with E-state index in [0.29, 0.717) is 0 Å². The Morgan fingerprint density at radius 3 is 2.53 bits per heavy atom. The number of halogens is 1. The van der Waals surface area contributed by atoms with Gasteiger partial charge in [-0.1, -0.05) is 34.1 Å². The number of para-hydroxylation sites is 1. The molecule has 0 atom stereocenters. The van der Waals surface area contributed by atoms with E-state index in [4.69, 9.17) is 4.74 Å². The van der Waals surface area contributed by atoms with Crippen LogP contribution in [0.3, 0.4) is 0 Å². The molecule has 0 amide bonds. The summed E-state index contributed by atoms with van der Waals surface area (Å²) < 4.78 is 6.89. The van der Waals surface area contributed by atoms with Crippen molar-refractivity contribution in [3.8, 4) is 5.75 Å². The van der Waals surface area contributed by atoms with E-state index >= 15 is 0 Å². The molecule has 2 nitrogen and oxygen atoms in total. The van der Waals surface area contributed by atoms with Gasteiger partial charge in [-0.05, 0) is 44.2 Å². The zero-order chi connectivity index (χ0) is 13.7. The highest BCUT2D eigenvalue weighted by molar-refractivity contribution is 9.10. The molecule has 0 saturated carbocycles. The summed E-state index contributed by atoms with van der Waals surface area (Å²) in [7, 11) is 0. The lowest BCUT2D eigenvalue weighted by atomic mass is 10.2. The van der Waals surface area contributed by atoms with Crippen molar-refractivity contribution >= 4 is 21.6 Å². The van der Waals surface area contributed by atoms with Gasteiger partial charge in [0.25, 0.3) is 0 Å². The SMILES string of the molecule is CC(C)Oc1ccc(Br)cc1CNc1ccccc1. The molecule has 0 aliphatic rings. The van der Waals surface area contributed by atoms with E-state index in [1.54, 1.807) is 0 Å². The molecule has 100 valence electrons. The lowest BCUT2D eigenvalue weighted by molar-refractivity contribution is 0.240. The second-order valence-electron chi connectivity index (χ2n) is 4.64. The first kappa shape index (κ1) is 13.9. The van der Waals surface area contributed by atoms with E-state index in [1.807, 2.05) is 44.2 Å².